The van der Waals surface area contributed by atoms with Gasteiger partial charge >= 0.3 is 0 Å². The predicted octanol–water partition coefficient (Wildman–Crippen LogP) is 3.67. The summed E-state index contributed by atoms with van der Waals surface area (Å²) in [5.41, 5.74) is 10.8. The Morgan fingerprint density at radius 2 is 1.95 bits per heavy atom. The van der Waals surface area contributed by atoms with Gasteiger partial charge in [-0.05, 0) is 54.8 Å². The van der Waals surface area contributed by atoms with Crippen molar-refractivity contribution in [1.29, 1.82) is 0 Å². The zero-order valence-corrected chi connectivity index (χ0v) is 13.7. The van der Waals surface area contributed by atoms with Gasteiger partial charge in [-0.15, -0.1) is 0 Å². The average molecular weight is 274 g/mol. The van der Waals surface area contributed by atoms with Crippen molar-refractivity contribution in [3.63, 3.8) is 0 Å². The fourth-order valence-corrected chi connectivity index (χ4v) is 3.08. The van der Waals surface area contributed by atoms with Gasteiger partial charge in [0, 0.05) is 19.1 Å². The molecule has 1 aliphatic heterocycles. The number of rotatable bonds is 3. The normalized spacial score (nSPS) is 22.2. The lowest BCUT2D eigenvalue weighted by molar-refractivity contribution is 0.224. The Balaban J connectivity index is 1.95. The van der Waals surface area contributed by atoms with Crippen LogP contribution in [0.5, 0.6) is 0 Å². The third kappa shape index (κ3) is 3.62. The van der Waals surface area contributed by atoms with Crippen molar-refractivity contribution in [2.45, 2.75) is 47.1 Å². The van der Waals surface area contributed by atoms with Gasteiger partial charge in [-0.3, -0.25) is 0 Å². The molecule has 0 aliphatic carbocycles. The second-order valence-electron chi connectivity index (χ2n) is 7.56. The molecule has 2 heteroatoms. The fourth-order valence-electron chi connectivity index (χ4n) is 3.08. The second-order valence-corrected chi connectivity index (χ2v) is 7.56. The molecule has 1 aromatic carbocycles. The molecule has 2 atom stereocenters. The Morgan fingerprint density at radius 3 is 2.50 bits per heavy atom. The highest BCUT2D eigenvalue weighted by Gasteiger charge is 2.32. The summed E-state index contributed by atoms with van der Waals surface area (Å²) in [5.74, 6) is 0.800. The van der Waals surface area contributed by atoms with Gasteiger partial charge in [0.25, 0.3) is 0 Å². The first kappa shape index (κ1) is 15.5. The first-order valence-electron chi connectivity index (χ1n) is 7.82. The molecule has 0 aromatic heterocycles. The van der Waals surface area contributed by atoms with Crippen LogP contribution in [-0.2, 0) is 0 Å². The Labute approximate surface area is 124 Å². The van der Waals surface area contributed by atoms with Crippen LogP contribution in [0.1, 0.15) is 49.9 Å². The molecular formula is C18H30N2. The lowest BCUT2D eigenvalue weighted by Gasteiger charge is -2.28. The first-order valence-corrected chi connectivity index (χ1v) is 7.82. The van der Waals surface area contributed by atoms with Crippen molar-refractivity contribution in [3.05, 3.63) is 34.9 Å². The molecular weight excluding hydrogens is 244 g/mol. The fraction of sp³-hybridized carbons (Fsp3) is 0.667. The van der Waals surface area contributed by atoms with Crippen LogP contribution < -0.4 is 5.73 Å². The minimum atomic E-state index is 0.132. The van der Waals surface area contributed by atoms with Crippen molar-refractivity contribution in [3.8, 4) is 0 Å². The summed E-state index contributed by atoms with van der Waals surface area (Å²) < 4.78 is 0. The third-order valence-electron chi connectivity index (χ3n) is 4.91. The molecule has 1 heterocycles. The molecule has 2 N–H and O–H groups in total. The number of nitrogens with two attached hydrogens (primary N) is 1. The molecule has 1 saturated heterocycles. The first-order chi connectivity index (χ1) is 9.27. The van der Waals surface area contributed by atoms with Crippen LogP contribution in [-0.4, -0.2) is 24.5 Å². The van der Waals surface area contributed by atoms with E-state index in [1.165, 1.54) is 36.2 Å². The summed E-state index contributed by atoms with van der Waals surface area (Å²) in [5, 5.41) is 0. The largest absolute Gasteiger partial charge is 0.323 e. The van der Waals surface area contributed by atoms with Crippen LogP contribution in [0.3, 0.4) is 0 Å². The predicted molar refractivity (Wildman–Crippen MR) is 86.8 cm³/mol. The topological polar surface area (TPSA) is 29.3 Å². The number of nitrogens with zero attached hydrogens (tertiary/aromatic N) is 1. The summed E-state index contributed by atoms with van der Waals surface area (Å²) >= 11 is 0. The van der Waals surface area contributed by atoms with Gasteiger partial charge in [-0.25, -0.2) is 0 Å². The summed E-state index contributed by atoms with van der Waals surface area (Å²) in [6.45, 7) is 14.7. The van der Waals surface area contributed by atoms with Gasteiger partial charge in [-0.1, -0.05) is 39.0 Å². The molecule has 0 amide bonds. The average Bonchev–Trinajstić information content (AvgIpc) is 2.81. The highest BCUT2D eigenvalue weighted by Crippen LogP contribution is 2.34. The molecule has 2 nitrogen and oxygen atoms in total. The van der Waals surface area contributed by atoms with E-state index in [-0.39, 0.29) is 6.04 Å². The monoisotopic (exact) mass is 274 g/mol. The lowest BCUT2D eigenvalue weighted by Crippen LogP contribution is -2.32. The number of aryl methyl sites for hydroxylation is 2. The van der Waals surface area contributed by atoms with E-state index in [0.29, 0.717) is 5.41 Å². The van der Waals surface area contributed by atoms with Gasteiger partial charge < -0.3 is 10.6 Å². The summed E-state index contributed by atoms with van der Waals surface area (Å²) in [4.78, 5) is 2.54. The van der Waals surface area contributed by atoms with E-state index in [0.717, 1.165) is 12.5 Å². The number of hydrogen-bond acceptors (Lipinski definition) is 2. The van der Waals surface area contributed by atoms with Crippen molar-refractivity contribution in [2.75, 3.05) is 19.6 Å². The third-order valence-corrected chi connectivity index (χ3v) is 4.91. The molecule has 0 bridgehead atoms. The van der Waals surface area contributed by atoms with Crippen molar-refractivity contribution < 1.29 is 0 Å². The smallest absolute Gasteiger partial charge is 0.0424 e. The highest BCUT2D eigenvalue weighted by molar-refractivity contribution is 5.31. The van der Waals surface area contributed by atoms with E-state index in [4.69, 9.17) is 5.73 Å². The van der Waals surface area contributed by atoms with Gasteiger partial charge in [0.15, 0.2) is 0 Å². The van der Waals surface area contributed by atoms with Crippen LogP contribution in [0.4, 0.5) is 0 Å². The minimum Gasteiger partial charge on any atom is -0.323 e. The Kier molecular flexibility index (Phi) is 4.55. The van der Waals surface area contributed by atoms with E-state index >= 15 is 0 Å². The molecule has 2 rings (SSSR count). The molecule has 112 valence electrons. The van der Waals surface area contributed by atoms with Gasteiger partial charge in [-0.2, -0.15) is 0 Å². The molecule has 1 fully saturated rings. The molecule has 1 aliphatic rings. The van der Waals surface area contributed by atoms with Gasteiger partial charge in [0.1, 0.15) is 0 Å². The zero-order valence-electron chi connectivity index (χ0n) is 13.7. The highest BCUT2D eigenvalue weighted by atomic mass is 15.2. The quantitative estimate of drug-likeness (QED) is 0.911. The minimum absolute atomic E-state index is 0.132. The summed E-state index contributed by atoms with van der Waals surface area (Å²) in [6, 6.07) is 6.75. The Bertz CT molecular complexity index is 459. The number of likely N-dealkylation sites (tertiary alicyclic amines) is 1. The second kappa shape index (κ2) is 5.87. The Hall–Kier alpha value is -0.860. The van der Waals surface area contributed by atoms with E-state index < -0.39 is 0 Å². The van der Waals surface area contributed by atoms with Crippen molar-refractivity contribution in [1.82, 2.24) is 4.90 Å². The SMILES string of the molecule is Cc1ccc(C(N)CN2CCC(C(C)(C)C)C2)cc1C. The van der Waals surface area contributed by atoms with Crippen LogP contribution in [0.2, 0.25) is 0 Å². The van der Waals surface area contributed by atoms with Crippen LogP contribution >= 0.6 is 0 Å². The summed E-state index contributed by atoms with van der Waals surface area (Å²) in [6.07, 6.45) is 1.31. The molecule has 0 saturated carbocycles. The zero-order chi connectivity index (χ0) is 14.9. The van der Waals surface area contributed by atoms with E-state index in [1.807, 2.05) is 0 Å². The molecule has 1 aromatic rings. The molecule has 0 spiro atoms. The number of benzene rings is 1. The van der Waals surface area contributed by atoms with Gasteiger partial charge in [0.05, 0.1) is 0 Å². The maximum atomic E-state index is 6.41. The van der Waals surface area contributed by atoms with Crippen molar-refractivity contribution >= 4 is 0 Å². The molecule has 20 heavy (non-hydrogen) atoms. The van der Waals surface area contributed by atoms with E-state index in [1.54, 1.807) is 0 Å². The maximum absolute atomic E-state index is 6.41. The summed E-state index contributed by atoms with van der Waals surface area (Å²) in [7, 11) is 0. The lowest BCUT2D eigenvalue weighted by atomic mass is 9.80. The Morgan fingerprint density at radius 1 is 1.25 bits per heavy atom. The van der Waals surface area contributed by atoms with Crippen LogP contribution in [0.15, 0.2) is 18.2 Å². The van der Waals surface area contributed by atoms with Crippen LogP contribution in [0, 0.1) is 25.2 Å². The molecule has 0 radical (unpaired) electrons. The molecule has 2 unspecified atom stereocenters. The van der Waals surface area contributed by atoms with Crippen molar-refractivity contribution in [2.24, 2.45) is 17.1 Å². The maximum Gasteiger partial charge on any atom is 0.0424 e. The van der Waals surface area contributed by atoms with Gasteiger partial charge in [0.2, 0.25) is 0 Å². The standard InChI is InChI=1S/C18H30N2/c1-13-6-7-15(10-14(13)2)17(19)12-20-9-8-16(11-20)18(3,4)5/h6-7,10,16-17H,8-9,11-12,19H2,1-5H3. The van der Waals surface area contributed by atoms with Crippen LogP contribution in [0.25, 0.3) is 0 Å². The number of hydrogen-bond donors (Lipinski definition) is 1. The van der Waals surface area contributed by atoms with E-state index in [9.17, 15) is 0 Å². The van der Waals surface area contributed by atoms with E-state index in [2.05, 4.69) is 57.7 Å².